The number of nitrogens with two attached hydrogens (primary N) is 1. The number of hydrogen-bond acceptors (Lipinski definition) is 4. The van der Waals surface area contributed by atoms with Crippen LogP contribution in [0.3, 0.4) is 0 Å². The van der Waals surface area contributed by atoms with Crippen LogP contribution >= 0.6 is 0 Å². The lowest BCUT2D eigenvalue weighted by Crippen LogP contribution is -2.39. The summed E-state index contributed by atoms with van der Waals surface area (Å²) < 4.78 is 38.1. The van der Waals surface area contributed by atoms with Gasteiger partial charge < -0.3 is 10.6 Å². The van der Waals surface area contributed by atoms with Gasteiger partial charge >= 0.3 is 6.18 Å². The Hall–Kier alpha value is -1.53. The Kier molecular flexibility index (Phi) is 3.56. The van der Waals surface area contributed by atoms with Gasteiger partial charge in [-0.15, -0.1) is 0 Å². The van der Waals surface area contributed by atoms with E-state index in [4.69, 9.17) is 5.73 Å². The molecule has 0 saturated carbocycles. The van der Waals surface area contributed by atoms with Gasteiger partial charge in [-0.05, 0) is 18.3 Å². The third kappa shape index (κ3) is 3.27. The monoisotopic (exact) mass is 274 g/mol. The summed E-state index contributed by atoms with van der Waals surface area (Å²) in [5.41, 5.74) is 4.40. The van der Waals surface area contributed by atoms with Crippen LogP contribution in [0.2, 0.25) is 0 Å². The lowest BCUT2D eigenvalue weighted by Gasteiger charge is -2.35. The van der Waals surface area contributed by atoms with Crippen molar-refractivity contribution in [2.75, 3.05) is 23.7 Å². The van der Waals surface area contributed by atoms with Gasteiger partial charge in [0.05, 0.1) is 0 Å². The molecule has 2 atom stereocenters. The van der Waals surface area contributed by atoms with Gasteiger partial charge in [-0.3, -0.25) is 0 Å². The number of alkyl halides is 3. The van der Waals surface area contributed by atoms with Crippen molar-refractivity contribution in [3.63, 3.8) is 0 Å². The highest BCUT2D eigenvalue weighted by Crippen LogP contribution is 2.32. The van der Waals surface area contributed by atoms with Crippen LogP contribution in [0, 0.1) is 11.8 Å². The van der Waals surface area contributed by atoms with Crippen LogP contribution in [0.5, 0.6) is 0 Å². The van der Waals surface area contributed by atoms with Crippen molar-refractivity contribution in [2.24, 2.45) is 11.8 Å². The minimum atomic E-state index is -4.50. The number of aromatic nitrogens is 2. The van der Waals surface area contributed by atoms with Crippen LogP contribution in [0.1, 0.15) is 26.0 Å². The topological polar surface area (TPSA) is 55.0 Å². The summed E-state index contributed by atoms with van der Waals surface area (Å²) in [6, 6.07) is 0.973. The summed E-state index contributed by atoms with van der Waals surface area (Å²) in [6.07, 6.45) is -3.43. The molecular weight excluding hydrogens is 257 g/mol. The number of anilines is 2. The van der Waals surface area contributed by atoms with Crippen molar-refractivity contribution in [2.45, 2.75) is 26.4 Å². The van der Waals surface area contributed by atoms with Crippen molar-refractivity contribution >= 4 is 11.8 Å². The predicted molar refractivity (Wildman–Crippen MR) is 66.6 cm³/mol. The van der Waals surface area contributed by atoms with E-state index in [1.807, 2.05) is 4.90 Å². The summed E-state index contributed by atoms with van der Waals surface area (Å²) in [7, 11) is 0. The Labute approximate surface area is 109 Å². The van der Waals surface area contributed by atoms with E-state index in [0.29, 0.717) is 24.9 Å². The zero-order chi connectivity index (χ0) is 14.2. The Balaban J connectivity index is 2.31. The molecule has 0 aliphatic carbocycles. The molecule has 19 heavy (non-hydrogen) atoms. The molecule has 1 aromatic heterocycles. The zero-order valence-electron chi connectivity index (χ0n) is 10.9. The highest BCUT2D eigenvalue weighted by Gasteiger charge is 2.34. The van der Waals surface area contributed by atoms with E-state index in [1.165, 1.54) is 0 Å². The molecule has 106 valence electrons. The molecule has 1 fully saturated rings. The van der Waals surface area contributed by atoms with E-state index in [9.17, 15) is 13.2 Å². The Bertz CT molecular complexity index is 451. The first-order valence-electron chi connectivity index (χ1n) is 6.22. The van der Waals surface area contributed by atoms with Gasteiger partial charge in [0.25, 0.3) is 0 Å². The van der Waals surface area contributed by atoms with Gasteiger partial charge in [0.15, 0.2) is 5.69 Å². The van der Waals surface area contributed by atoms with Crippen molar-refractivity contribution in [3.8, 4) is 0 Å². The molecular formula is C12H17F3N4. The maximum atomic E-state index is 12.7. The molecule has 2 heterocycles. The summed E-state index contributed by atoms with van der Waals surface area (Å²) in [4.78, 5) is 9.04. The summed E-state index contributed by atoms with van der Waals surface area (Å²) in [5, 5.41) is 0. The SMILES string of the molecule is CC1CC(C)CN(c2cc(C(F)(F)F)nc(N)n2)C1. The second kappa shape index (κ2) is 4.86. The van der Waals surface area contributed by atoms with Crippen molar-refractivity contribution in [1.29, 1.82) is 0 Å². The standard InChI is InChI=1S/C12H17F3N4/c1-7-3-8(2)6-19(5-7)10-4-9(12(13,14)15)17-11(16)18-10/h4,7-8H,3,5-6H2,1-2H3,(H2,16,17,18). The third-order valence-corrected chi connectivity index (χ3v) is 3.21. The molecule has 1 saturated heterocycles. The van der Waals surface area contributed by atoms with E-state index < -0.39 is 11.9 Å². The second-order valence-electron chi connectivity index (χ2n) is 5.32. The lowest BCUT2D eigenvalue weighted by atomic mass is 9.92. The molecule has 2 rings (SSSR count). The number of rotatable bonds is 1. The van der Waals surface area contributed by atoms with Crippen molar-refractivity contribution in [3.05, 3.63) is 11.8 Å². The van der Waals surface area contributed by atoms with Crippen LogP contribution < -0.4 is 10.6 Å². The Morgan fingerprint density at radius 1 is 1.21 bits per heavy atom. The fraction of sp³-hybridized carbons (Fsp3) is 0.667. The van der Waals surface area contributed by atoms with Crippen LogP contribution in [0.4, 0.5) is 24.9 Å². The number of nitrogens with zero attached hydrogens (tertiary/aromatic N) is 3. The number of nitrogen functional groups attached to an aromatic ring is 1. The minimum absolute atomic E-state index is 0.262. The molecule has 0 spiro atoms. The fourth-order valence-corrected chi connectivity index (χ4v) is 2.61. The first-order valence-corrected chi connectivity index (χ1v) is 6.22. The van der Waals surface area contributed by atoms with Crippen molar-refractivity contribution in [1.82, 2.24) is 9.97 Å². The highest BCUT2D eigenvalue weighted by molar-refractivity contribution is 5.44. The number of hydrogen-bond donors (Lipinski definition) is 1. The molecule has 1 aliphatic heterocycles. The van der Waals surface area contributed by atoms with E-state index in [-0.39, 0.29) is 11.8 Å². The molecule has 2 N–H and O–H groups in total. The molecule has 4 nitrogen and oxygen atoms in total. The normalized spacial score (nSPS) is 24.6. The van der Waals surface area contributed by atoms with E-state index in [2.05, 4.69) is 23.8 Å². The van der Waals surface area contributed by atoms with E-state index in [0.717, 1.165) is 12.5 Å². The van der Waals surface area contributed by atoms with Crippen LogP contribution in [0.25, 0.3) is 0 Å². The molecule has 2 unspecified atom stereocenters. The quantitative estimate of drug-likeness (QED) is 0.855. The van der Waals surface area contributed by atoms with Crippen molar-refractivity contribution < 1.29 is 13.2 Å². The molecule has 1 aliphatic rings. The summed E-state index contributed by atoms with van der Waals surface area (Å²) in [5.74, 6) is 0.775. The molecule has 7 heteroatoms. The van der Waals surface area contributed by atoms with Gasteiger partial charge in [-0.2, -0.15) is 18.2 Å². The molecule has 0 amide bonds. The molecule has 0 bridgehead atoms. The van der Waals surface area contributed by atoms with Gasteiger partial charge in [-0.1, -0.05) is 13.8 Å². The van der Waals surface area contributed by atoms with Crippen LogP contribution in [-0.4, -0.2) is 23.1 Å². The smallest absolute Gasteiger partial charge is 0.368 e. The largest absolute Gasteiger partial charge is 0.433 e. The summed E-state index contributed by atoms with van der Waals surface area (Å²) in [6.45, 7) is 5.55. The van der Waals surface area contributed by atoms with E-state index >= 15 is 0 Å². The lowest BCUT2D eigenvalue weighted by molar-refractivity contribution is -0.141. The first kappa shape index (κ1) is 13.9. The average molecular weight is 274 g/mol. The predicted octanol–water partition coefficient (Wildman–Crippen LogP) is 2.56. The number of halogens is 3. The molecule has 0 radical (unpaired) electrons. The Morgan fingerprint density at radius 3 is 2.32 bits per heavy atom. The molecule has 0 aromatic carbocycles. The first-order chi connectivity index (χ1) is 8.75. The van der Waals surface area contributed by atoms with E-state index in [1.54, 1.807) is 0 Å². The highest BCUT2D eigenvalue weighted by atomic mass is 19.4. The second-order valence-corrected chi connectivity index (χ2v) is 5.32. The summed E-state index contributed by atoms with van der Waals surface area (Å²) >= 11 is 0. The molecule has 1 aromatic rings. The van der Waals surface area contributed by atoms with Gasteiger partial charge in [0, 0.05) is 19.2 Å². The third-order valence-electron chi connectivity index (χ3n) is 3.21. The fourth-order valence-electron chi connectivity index (χ4n) is 2.61. The zero-order valence-corrected chi connectivity index (χ0v) is 10.9. The van der Waals surface area contributed by atoms with Gasteiger partial charge in [-0.25, -0.2) is 4.98 Å². The maximum absolute atomic E-state index is 12.7. The maximum Gasteiger partial charge on any atom is 0.433 e. The van der Waals surface area contributed by atoms with Gasteiger partial charge in [0.1, 0.15) is 5.82 Å². The van der Waals surface area contributed by atoms with Crippen LogP contribution in [-0.2, 0) is 6.18 Å². The average Bonchev–Trinajstić information content (AvgIpc) is 2.25. The minimum Gasteiger partial charge on any atom is -0.368 e. The Morgan fingerprint density at radius 2 is 1.79 bits per heavy atom. The van der Waals surface area contributed by atoms with Crippen LogP contribution in [0.15, 0.2) is 6.07 Å². The number of piperidine rings is 1. The van der Waals surface area contributed by atoms with Gasteiger partial charge in [0.2, 0.25) is 5.95 Å².